The van der Waals surface area contributed by atoms with Crippen LogP contribution in [0.4, 0.5) is 0 Å². The molecule has 0 radical (unpaired) electrons. The van der Waals surface area contributed by atoms with Crippen LogP contribution in [0.2, 0.25) is 0 Å². The van der Waals surface area contributed by atoms with E-state index in [0.717, 1.165) is 6.42 Å². The van der Waals surface area contributed by atoms with Gasteiger partial charge in [-0.15, -0.1) is 0 Å². The van der Waals surface area contributed by atoms with Crippen LogP contribution >= 0.6 is 0 Å². The standard InChI is InChI=1S/C13H24O6/c1-3-7-19-13(15)6-9-17-11-10-16-8-5-12(14)18-4-2/h3-11H2,1-2H3. The van der Waals surface area contributed by atoms with Crippen molar-refractivity contribution in [3.05, 3.63) is 0 Å². The Morgan fingerprint density at radius 3 is 1.74 bits per heavy atom. The fourth-order valence-corrected chi connectivity index (χ4v) is 1.15. The summed E-state index contributed by atoms with van der Waals surface area (Å²) in [5.41, 5.74) is 0. The summed E-state index contributed by atoms with van der Waals surface area (Å²) in [4.78, 5) is 22.0. The molecule has 112 valence electrons. The van der Waals surface area contributed by atoms with Gasteiger partial charge in [-0.25, -0.2) is 0 Å². The van der Waals surface area contributed by atoms with Gasteiger partial charge in [-0.2, -0.15) is 0 Å². The van der Waals surface area contributed by atoms with Gasteiger partial charge in [0.25, 0.3) is 0 Å². The molecule has 0 amide bonds. The molecule has 0 unspecified atom stereocenters. The van der Waals surface area contributed by atoms with Crippen LogP contribution in [0.3, 0.4) is 0 Å². The largest absolute Gasteiger partial charge is 0.466 e. The summed E-state index contributed by atoms with van der Waals surface area (Å²) >= 11 is 0. The average molecular weight is 276 g/mol. The highest BCUT2D eigenvalue weighted by Crippen LogP contribution is 1.91. The number of hydrogen-bond acceptors (Lipinski definition) is 6. The van der Waals surface area contributed by atoms with Crippen LogP contribution < -0.4 is 0 Å². The molecule has 0 aromatic rings. The summed E-state index contributed by atoms with van der Waals surface area (Å²) in [5, 5.41) is 0. The van der Waals surface area contributed by atoms with Gasteiger partial charge in [-0.05, 0) is 13.3 Å². The molecule has 0 atom stereocenters. The monoisotopic (exact) mass is 276 g/mol. The molecule has 0 saturated heterocycles. The first-order valence-electron chi connectivity index (χ1n) is 6.67. The highest BCUT2D eigenvalue weighted by molar-refractivity contribution is 5.69. The van der Waals surface area contributed by atoms with Crippen molar-refractivity contribution in [2.75, 3.05) is 39.6 Å². The predicted octanol–water partition coefficient (Wildman–Crippen LogP) is 1.32. The zero-order chi connectivity index (χ0) is 14.3. The van der Waals surface area contributed by atoms with Crippen LogP contribution in [0.5, 0.6) is 0 Å². The lowest BCUT2D eigenvalue weighted by Gasteiger charge is -2.06. The fourth-order valence-electron chi connectivity index (χ4n) is 1.15. The molecule has 0 bridgehead atoms. The van der Waals surface area contributed by atoms with E-state index < -0.39 is 0 Å². The van der Waals surface area contributed by atoms with Gasteiger partial charge >= 0.3 is 11.9 Å². The highest BCUT2D eigenvalue weighted by atomic mass is 16.5. The lowest BCUT2D eigenvalue weighted by molar-refractivity contribution is -0.146. The molecule has 6 heteroatoms. The van der Waals surface area contributed by atoms with E-state index in [1.165, 1.54) is 0 Å². The molecule has 0 fully saturated rings. The number of carbonyl (C=O) groups excluding carboxylic acids is 2. The summed E-state index contributed by atoms with van der Waals surface area (Å²) in [6.45, 7) is 5.97. The molecule has 0 aromatic carbocycles. The van der Waals surface area contributed by atoms with E-state index in [-0.39, 0.29) is 24.8 Å². The number of ether oxygens (including phenoxy) is 4. The van der Waals surface area contributed by atoms with E-state index in [1.807, 2.05) is 6.92 Å². The second-order valence-electron chi connectivity index (χ2n) is 3.75. The molecule has 0 rings (SSSR count). The van der Waals surface area contributed by atoms with Gasteiger partial charge < -0.3 is 18.9 Å². The Labute approximate surface area is 114 Å². The molecular weight excluding hydrogens is 252 g/mol. The molecule has 6 nitrogen and oxygen atoms in total. The number of carbonyl (C=O) groups is 2. The van der Waals surface area contributed by atoms with Crippen molar-refractivity contribution >= 4 is 11.9 Å². The number of rotatable bonds is 12. The Morgan fingerprint density at radius 2 is 1.26 bits per heavy atom. The number of esters is 2. The van der Waals surface area contributed by atoms with Crippen LogP contribution in [0, 0.1) is 0 Å². The zero-order valence-corrected chi connectivity index (χ0v) is 11.8. The van der Waals surface area contributed by atoms with Crippen LogP contribution in [-0.2, 0) is 28.5 Å². The maximum atomic E-state index is 11.1. The molecule has 19 heavy (non-hydrogen) atoms. The van der Waals surface area contributed by atoms with Crippen LogP contribution in [0.15, 0.2) is 0 Å². The second kappa shape index (κ2) is 13.3. The average Bonchev–Trinajstić information content (AvgIpc) is 2.39. The SMILES string of the molecule is CCCOC(=O)CCOCCOCCC(=O)OCC. The quantitative estimate of drug-likeness (QED) is 0.395. The smallest absolute Gasteiger partial charge is 0.308 e. The van der Waals surface area contributed by atoms with Crippen molar-refractivity contribution in [1.29, 1.82) is 0 Å². The Bertz CT molecular complexity index is 241. The molecule has 0 heterocycles. The summed E-state index contributed by atoms with van der Waals surface area (Å²) < 4.78 is 20.0. The Hall–Kier alpha value is -1.14. The summed E-state index contributed by atoms with van der Waals surface area (Å²) in [5.74, 6) is -0.507. The Morgan fingerprint density at radius 1 is 0.737 bits per heavy atom. The first-order chi connectivity index (χ1) is 9.20. The van der Waals surface area contributed by atoms with E-state index in [4.69, 9.17) is 18.9 Å². The third-order valence-electron chi connectivity index (χ3n) is 2.05. The second-order valence-corrected chi connectivity index (χ2v) is 3.75. The van der Waals surface area contributed by atoms with E-state index in [9.17, 15) is 9.59 Å². The van der Waals surface area contributed by atoms with Crippen molar-refractivity contribution in [2.45, 2.75) is 33.1 Å². The van der Waals surface area contributed by atoms with Crippen molar-refractivity contribution in [3.8, 4) is 0 Å². The minimum Gasteiger partial charge on any atom is -0.466 e. The molecule has 0 aromatic heterocycles. The topological polar surface area (TPSA) is 71.1 Å². The minimum atomic E-state index is -0.262. The van der Waals surface area contributed by atoms with Gasteiger partial charge in [0.05, 0.1) is 52.5 Å². The first kappa shape index (κ1) is 17.9. The highest BCUT2D eigenvalue weighted by Gasteiger charge is 2.02. The third-order valence-corrected chi connectivity index (χ3v) is 2.05. The molecular formula is C13H24O6. The van der Waals surface area contributed by atoms with Gasteiger partial charge in [-0.3, -0.25) is 9.59 Å². The van der Waals surface area contributed by atoms with Crippen molar-refractivity contribution in [2.24, 2.45) is 0 Å². The summed E-state index contributed by atoms with van der Waals surface area (Å²) in [6, 6.07) is 0. The van der Waals surface area contributed by atoms with E-state index in [1.54, 1.807) is 6.92 Å². The van der Waals surface area contributed by atoms with Crippen LogP contribution in [0.1, 0.15) is 33.1 Å². The van der Waals surface area contributed by atoms with Gasteiger partial charge in [0.15, 0.2) is 0 Å². The van der Waals surface area contributed by atoms with Crippen LogP contribution in [-0.4, -0.2) is 51.6 Å². The molecule has 0 saturated carbocycles. The minimum absolute atomic E-state index is 0.245. The Balaban J connectivity index is 3.18. The molecule has 0 spiro atoms. The molecule has 0 N–H and O–H groups in total. The first-order valence-corrected chi connectivity index (χ1v) is 6.67. The normalized spacial score (nSPS) is 10.2. The summed E-state index contributed by atoms with van der Waals surface area (Å²) in [7, 11) is 0. The fraction of sp³-hybridized carbons (Fsp3) is 0.846. The van der Waals surface area contributed by atoms with Gasteiger partial charge in [0, 0.05) is 0 Å². The Kier molecular flexibility index (Phi) is 12.5. The zero-order valence-electron chi connectivity index (χ0n) is 11.8. The number of hydrogen-bond donors (Lipinski definition) is 0. The van der Waals surface area contributed by atoms with Gasteiger partial charge in [0.2, 0.25) is 0 Å². The van der Waals surface area contributed by atoms with Crippen LogP contribution in [0.25, 0.3) is 0 Å². The lowest BCUT2D eigenvalue weighted by Crippen LogP contribution is -2.13. The maximum Gasteiger partial charge on any atom is 0.308 e. The van der Waals surface area contributed by atoms with E-state index in [0.29, 0.717) is 39.6 Å². The van der Waals surface area contributed by atoms with E-state index >= 15 is 0 Å². The van der Waals surface area contributed by atoms with Gasteiger partial charge in [0.1, 0.15) is 0 Å². The molecule has 0 aliphatic carbocycles. The summed E-state index contributed by atoms with van der Waals surface area (Å²) in [6.07, 6.45) is 1.32. The van der Waals surface area contributed by atoms with Crippen molar-refractivity contribution in [3.63, 3.8) is 0 Å². The molecule has 0 aliphatic rings. The predicted molar refractivity (Wildman–Crippen MR) is 68.8 cm³/mol. The third kappa shape index (κ3) is 13.1. The lowest BCUT2D eigenvalue weighted by atomic mass is 10.4. The maximum absolute atomic E-state index is 11.1. The van der Waals surface area contributed by atoms with Crippen molar-refractivity contribution in [1.82, 2.24) is 0 Å². The van der Waals surface area contributed by atoms with Gasteiger partial charge in [-0.1, -0.05) is 6.92 Å². The van der Waals surface area contributed by atoms with E-state index in [2.05, 4.69) is 0 Å². The van der Waals surface area contributed by atoms with Crippen molar-refractivity contribution < 1.29 is 28.5 Å². The molecule has 0 aliphatic heterocycles.